The molecule has 0 aliphatic carbocycles. The van der Waals surface area contributed by atoms with E-state index in [0.29, 0.717) is 17.8 Å². The van der Waals surface area contributed by atoms with E-state index < -0.39 is 11.7 Å². The monoisotopic (exact) mass is 385 g/mol. The van der Waals surface area contributed by atoms with Gasteiger partial charge < -0.3 is 4.90 Å². The minimum atomic E-state index is -0.465. The summed E-state index contributed by atoms with van der Waals surface area (Å²) in [6.45, 7) is 4.15. The Bertz CT molecular complexity index is 985. The van der Waals surface area contributed by atoms with Crippen LogP contribution in [0.15, 0.2) is 29.0 Å². The summed E-state index contributed by atoms with van der Waals surface area (Å²) < 4.78 is 1.65. The van der Waals surface area contributed by atoms with E-state index in [2.05, 4.69) is 16.5 Å². The predicted molar refractivity (Wildman–Crippen MR) is 103 cm³/mol. The number of amides is 1. The molecule has 5 nitrogen and oxygen atoms in total. The number of thiophene rings is 2. The van der Waals surface area contributed by atoms with Crippen molar-refractivity contribution in [1.82, 2.24) is 14.7 Å². The standard InChI is InChI=1S/C19H19N3O2S2/c1-11-16(12(2)21(3)20-11)18(23)19(24)22-8-6-14-13(7-10-26-14)17(22)15-5-4-9-25-15/h4-5,7,9-10,17H,6,8H2,1-3H3/t17-/m1/s1. The van der Waals surface area contributed by atoms with Crippen LogP contribution in [-0.2, 0) is 18.3 Å². The van der Waals surface area contributed by atoms with Crippen molar-refractivity contribution in [2.45, 2.75) is 26.3 Å². The Morgan fingerprint density at radius 1 is 1.19 bits per heavy atom. The van der Waals surface area contributed by atoms with Gasteiger partial charge in [-0.25, -0.2) is 0 Å². The lowest BCUT2D eigenvalue weighted by Crippen LogP contribution is -2.43. The zero-order valence-corrected chi connectivity index (χ0v) is 16.5. The number of hydrogen-bond acceptors (Lipinski definition) is 5. The molecule has 0 spiro atoms. The van der Waals surface area contributed by atoms with E-state index in [4.69, 9.17) is 0 Å². The fourth-order valence-corrected chi connectivity index (χ4v) is 5.39. The summed E-state index contributed by atoms with van der Waals surface area (Å²) in [6, 6.07) is 5.92. The Kier molecular flexibility index (Phi) is 4.28. The Balaban J connectivity index is 1.74. The van der Waals surface area contributed by atoms with Gasteiger partial charge in [-0.1, -0.05) is 6.07 Å². The van der Waals surface area contributed by atoms with Gasteiger partial charge >= 0.3 is 0 Å². The van der Waals surface area contributed by atoms with Gasteiger partial charge in [0.05, 0.1) is 17.3 Å². The lowest BCUT2D eigenvalue weighted by Gasteiger charge is -2.35. The van der Waals surface area contributed by atoms with Gasteiger partial charge in [-0.05, 0) is 48.7 Å². The van der Waals surface area contributed by atoms with Gasteiger partial charge in [0.25, 0.3) is 11.7 Å². The number of aryl methyl sites for hydroxylation is 2. The third-order valence-corrected chi connectivity index (χ3v) is 6.89. The summed E-state index contributed by atoms with van der Waals surface area (Å²) in [5, 5.41) is 8.36. The maximum atomic E-state index is 13.2. The highest BCUT2D eigenvalue weighted by Crippen LogP contribution is 2.39. The molecule has 1 aliphatic rings. The molecule has 0 unspecified atom stereocenters. The van der Waals surface area contributed by atoms with Crippen LogP contribution in [0.1, 0.15) is 43.1 Å². The number of rotatable bonds is 3. The van der Waals surface area contributed by atoms with Gasteiger partial charge in [0.15, 0.2) is 0 Å². The van der Waals surface area contributed by atoms with Crippen LogP contribution in [0.4, 0.5) is 0 Å². The van der Waals surface area contributed by atoms with Crippen molar-refractivity contribution in [2.75, 3.05) is 6.54 Å². The van der Waals surface area contributed by atoms with Crippen molar-refractivity contribution in [1.29, 1.82) is 0 Å². The van der Waals surface area contributed by atoms with E-state index in [1.165, 1.54) is 4.88 Å². The molecular weight excluding hydrogens is 366 g/mol. The number of carbonyl (C=O) groups excluding carboxylic acids is 2. The van der Waals surface area contributed by atoms with Gasteiger partial charge in [-0.3, -0.25) is 14.3 Å². The van der Waals surface area contributed by atoms with Crippen molar-refractivity contribution in [3.63, 3.8) is 0 Å². The van der Waals surface area contributed by atoms with Crippen molar-refractivity contribution >= 4 is 34.4 Å². The van der Waals surface area contributed by atoms with Crippen molar-refractivity contribution in [2.24, 2.45) is 7.05 Å². The second-order valence-electron chi connectivity index (χ2n) is 6.46. The van der Waals surface area contributed by atoms with Gasteiger partial charge in [0, 0.05) is 29.0 Å². The second kappa shape index (κ2) is 6.48. The maximum absolute atomic E-state index is 13.2. The minimum absolute atomic E-state index is 0.182. The molecule has 3 aromatic heterocycles. The highest BCUT2D eigenvalue weighted by atomic mass is 32.1. The van der Waals surface area contributed by atoms with Gasteiger partial charge in [0.1, 0.15) is 0 Å². The highest BCUT2D eigenvalue weighted by Gasteiger charge is 2.37. The van der Waals surface area contributed by atoms with Crippen LogP contribution in [-0.4, -0.2) is 32.9 Å². The molecular formula is C19H19N3O2S2. The number of fused-ring (bicyclic) bond motifs is 1. The van der Waals surface area contributed by atoms with E-state index >= 15 is 0 Å². The largest absolute Gasteiger partial charge is 0.323 e. The summed E-state index contributed by atoms with van der Waals surface area (Å²) in [6.07, 6.45) is 0.791. The molecule has 4 rings (SSSR count). The normalized spacial score (nSPS) is 16.6. The molecule has 0 aromatic carbocycles. The predicted octanol–water partition coefficient (Wildman–Crippen LogP) is 3.52. The summed E-state index contributed by atoms with van der Waals surface area (Å²) in [7, 11) is 1.79. The number of ketones is 1. The fraction of sp³-hybridized carbons (Fsp3) is 0.316. The van der Waals surface area contributed by atoms with E-state index in [0.717, 1.165) is 22.6 Å². The average Bonchev–Trinajstić information content (AvgIpc) is 3.35. The SMILES string of the molecule is Cc1nn(C)c(C)c1C(=O)C(=O)N1CCc2sccc2[C@@H]1c1cccs1. The zero-order chi connectivity index (χ0) is 18.4. The molecule has 0 saturated carbocycles. The lowest BCUT2D eigenvalue weighted by molar-refractivity contribution is -0.128. The first kappa shape index (κ1) is 17.2. The smallest absolute Gasteiger partial charge is 0.295 e. The van der Waals surface area contributed by atoms with Crippen LogP contribution in [0.2, 0.25) is 0 Å². The molecule has 0 fully saturated rings. The zero-order valence-electron chi connectivity index (χ0n) is 14.9. The lowest BCUT2D eigenvalue weighted by atomic mass is 9.97. The maximum Gasteiger partial charge on any atom is 0.295 e. The molecule has 0 bridgehead atoms. The summed E-state index contributed by atoms with van der Waals surface area (Å²) in [5.74, 6) is -0.909. The molecule has 1 amide bonds. The molecule has 0 saturated heterocycles. The van der Waals surface area contributed by atoms with Crippen molar-refractivity contribution in [3.8, 4) is 0 Å². The molecule has 26 heavy (non-hydrogen) atoms. The molecule has 1 atom stereocenters. The second-order valence-corrected chi connectivity index (χ2v) is 8.44. The number of hydrogen-bond donors (Lipinski definition) is 0. The topological polar surface area (TPSA) is 55.2 Å². The van der Waals surface area contributed by atoms with E-state index in [1.54, 1.807) is 46.2 Å². The van der Waals surface area contributed by atoms with Crippen molar-refractivity contribution in [3.05, 3.63) is 61.2 Å². The molecule has 3 aromatic rings. The molecule has 1 aliphatic heterocycles. The average molecular weight is 386 g/mol. The van der Waals surface area contributed by atoms with Gasteiger partial charge in [0.2, 0.25) is 0 Å². The summed E-state index contributed by atoms with van der Waals surface area (Å²) in [4.78, 5) is 30.3. The Morgan fingerprint density at radius 3 is 2.65 bits per heavy atom. The summed E-state index contributed by atoms with van der Waals surface area (Å²) >= 11 is 3.34. The minimum Gasteiger partial charge on any atom is -0.323 e. The van der Waals surface area contributed by atoms with Gasteiger partial charge in [-0.15, -0.1) is 22.7 Å². The van der Waals surface area contributed by atoms with Crippen LogP contribution in [0.5, 0.6) is 0 Å². The third-order valence-electron chi connectivity index (χ3n) is 4.97. The fourth-order valence-electron chi connectivity index (χ4n) is 3.63. The van der Waals surface area contributed by atoms with Crippen LogP contribution < -0.4 is 0 Å². The number of Topliss-reactive ketones (excluding diaryl/α,β-unsaturated/α-hetero) is 1. The van der Waals surface area contributed by atoms with E-state index in [1.807, 2.05) is 24.4 Å². The van der Waals surface area contributed by atoms with Crippen LogP contribution in [0, 0.1) is 13.8 Å². The number of nitrogens with zero attached hydrogens (tertiary/aromatic N) is 3. The highest BCUT2D eigenvalue weighted by molar-refractivity contribution is 7.10. The molecule has 0 radical (unpaired) electrons. The van der Waals surface area contributed by atoms with Crippen LogP contribution in [0.3, 0.4) is 0 Å². The summed E-state index contributed by atoms with van der Waals surface area (Å²) in [5.41, 5.74) is 2.90. The van der Waals surface area contributed by atoms with Crippen LogP contribution in [0.25, 0.3) is 0 Å². The quantitative estimate of drug-likeness (QED) is 0.512. The van der Waals surface area contributed by atoms with Crippen molar-refractivity contribution < 1.29 is 9.59 Å². The Hall–Kier alpha value is -2.25. The van der Waals surface area contributed by atoms with Crippen LogP contribution >= 0.6 is 22.7 Å². The van der Waals surface area contributed by atoms with E-state index in [9.17, 15) is 9.59 Å². The first-order chi connectivity index (χ1) is 12.5. The first-order valence-corrected chi connectivity index (χ1v) is 10.2. The van der Waals surface area contributed by atoms with E-state index in [-0.39, 0.29) is 6.04 Å². The molecule has 4 heterocycles. The molecule has 7 heteroatoms. The number of aromatic nitrogens is 2. The number of carbonyl (C=O) groups is 2. The Morgan fingerprint density at radius 2 is 2.00 bits per heavy atom. The Labute approximate surface area is 159 Å². The molecule has 0 N–H and O–H groups in total. The third kappa shape index (κ3) is 2.62. The molecule has 134 valence electrons. The van der Waals surface area contributed by atoms with Gasteiger partial charge in [-0.2, -0.15) is 5.10 Å². The first-order valence-electron chi connectivity index (χ1n) is 8.44.